The minimum Gasteiger partial charge on any atom is -0.480 e. The Morgan fingerprint density at radius 1 is 1.31 bits per heavy atom. The fourth-order valence-electron chi connectivity index (χ4n) is 2.33. The highest BCUT2D eigenvalue weighted by Gasteiger charge is 2.20. The molecular formula is C17H19N3O6. The van der Waals surface area contributed by atoms with Crippen molar-refractivity contribution in [1.29, 1.82) is 0 Å². The van der Waals surface area contributed by atoms with Crippen LogP contribution < -0.4 is 16.4 Å². The number of aryl methyl sites for hydroxylation is 1. The summed E-state index contributed by atoms with van der Waals surface area (Å²) in [6, 6.07) is 5.14. The number of aromatic amines is 1. The van der Waals surface area contributed by atoms with Crippen molar-refractivity contribution in [2.75, 3.05) is 13.2 Å². The van der Waals surface area contributed by atoms with Gasteiger partial charge in [-0.15, -0.1) is 6.58 Å². The summed E-state index contributed by atoms with van der Waals surface area (Å²) in [7, 11) is 0. The predicted molar refractivity (Wildman–Crippen MR) is 94.0 cm³/mol. The summed E-state index contributed by atoms with van der Waals surface area (Å²) in [5.41, 5.74) is -0.876. The van der Waals surface area contributed by atoms with Crippen LogP contribution in [0, 0.1) is 0 Å². The Bertz CT molecular complexity index is 930. The summed E-state index contributed by atoms with van der Waals surface area (Å²) in [4.78, 5) is 47.4. The van der Waals surface area contributed by atoms with Gasteiger partial charge < -0.3 is 15.2 Å². The number of carbonyl (C=O) groups excluding carboxylic acids is 1. The molecule has 1 heterocycles. The van der Waals surface area contributed by atoms with Crippen LogP contribution in [0.2, 0.25) is 0 Å². The zero-order valence-corrected chi connectivity index (χ0v) is 13.9. The van der Waals surface area contributed by atoms with Crippen molar-refractivity contribution in [1.82, 2.24) is 15.1 Å². The molecule has 0 saturated carbocycles. The molecule has 138 valence electrons. The lowest BCUT2D eigenvalue weighted by molar-refractivity contribution is -0.143. The molecule has 0 bridgehead atoms. The quantitative estimate of drug-likeness (QED) is 0.421. The third-order valence-corrected chi connectivity index (χ3v) is 3.60. The number of carbonyl (C=O) groups is 2. The molecule has 9 heteroatoms. The number of nitrogens with one attached hydrogen (secondary N) is 2. The minimum absolute atomic E-state index is 0.0927. The van der Waals surface area contributed by atoms with Crippen molar-refractivity contribution in [2.45, 2.75) is 19.0 Å². The smallest absolute Gasteiger partial charge is 0.328 e. The maximum atomic E-state index is 12.3. The number of rotatable bonds is 9. The number of nitrogens with zero attached hydrogens (tertiary/aromatic N) is 1. The number of aromatic nitrogens is 2. The van der Waals surface area contributed by atoms with E-state index in [2.05, 4.69) is 17.0 Å². The van der Waals surface area contributed by atoms with E-state index < -0.39 is 29.0 Å². The van der Waals surface area contributed by atoms with Gasteiger partial charge in [0.2, 0.25) is 5.91 Å². The Morgan fingerprint density at radius 3 is 2.65 bits per heavy atom. The molecule has 1 aromatic heterocycles. The van der Waals surface area contributed by atoms with Gasteiger partial charge in [0.1, 0.15) is 0 Å². The second kappa shape index (κ2) is 8.77. The molecule has 3 N–H and O–H groups in total. The monoisotopic (exact) mass is 361 g/mol. The molecule has 0 spiro atoms. The number of aliphatic carboxylic acids is 1. The van der Waals surface area contributed by atoms with Crippen LogP contribution in [0.5, 0.6) is 0 Å². The lowest BCUT2D eigenvalue weighted by Gasteiger charge is -2.14. The summed E-state index contributed by atoms with van der Waals surface area (Å²) in [6.45, 7) is 3.30. The molecule has 26 heavy (non-hydrogen) atoms. The highest BCUT2D eigenvalue weighted by Crippen LogP contribution is 2.02. The molecule has 1 atom stereocenters. The number of carboxylic acids is 1. The second-order valence-corrected chi connectivity index (χ2v) is 5.48. The lowest BCUT2D eigenvalue weighted by Crippen LogP contribution is -2.44. The number of H-pyrrole nitrogens is 1. The highest BCUT2D eigenvalue weighted by molar-refractivity contribution is 5.83. The van der Waals surface area contributed by atoms with E-state index in [0.29, 0.717) is 0 Å². The molecule has 9 nitrogen and oxygen atoms in total. The van der Waals surface area contributed by atoms with E-state index in [9.17, 15) is 19.2 Å². The van der Waals surface area contributed by atoms with Crippen molar-refractivity contribution >= 4 is 22.6 Å². The lowest BCUT2D eigenvalue weighted by atomic mass is 10.2. The van der Waals surface area contributed by atoms with E-state index in [4.69, 9.17) is 9.84 Å². The molecule has 2 rings (SSSR count). The molecular weight excluding hydrogens is 342 g/mol. The van der Waals surface area contributed by atoms with Gasteiger partial charge >= 0.3 is 5.97 Å². The van der Waals surface area contributed by atoms with Gasteiger partial charge in [-0.25, -0.2) is 9.48 Å². The maximum Gasteiger partial charge on any atom is 0.328 e. The third kappa shape index (κ3) is 4.67. The molecule has 0 radical (unpaired) electrons. The van der Waals surface area contributed by atoms with Gasteiger partial charge in [-0.1, -0.05) is 18.2 Å². The van der Waals surface area contributed by atoms with Crippen LogP contribution in [-0.2, 0) is 20.9 Å². The Hall–Kier alpha value is -3.20. The Morgan fingerprint density at radius 2 is 2.00 bits per heavy atom. The topological polar surface area (TPSA) is 130 Å². The minimum atomic E-state index is -1.24. The molecule has 0 saturated heterocycles. The highest BCUT2D eigenvalue weighted by atomic mass is 16.5. The third-order valence-electron chi connectivity index (χ3n) is 3.60. The second-order valence-electron chi connectivity index (χ2n) is 5.48. The van der Waals surface area contributed by atoms with Crippen molar-refractivity contribution < 1.29 is 19.4 Å². The average Bonchev–Trinajstić information content (AvgIpc) is 2.62. The Labute approximate surface area is 147 Å². The van der Waals surface area contributed by atoms with Crippen molar-refractivity contribution in [3.05, 3.63) is 57.6 Å². The predicted octanol–water partition coefficient (Wildman–Crippen LogP) is -0.148. The van der Waals surface area contributed by atoms with Gasteiger partial charge in [-0.2, -0.15) is 0 Å². The number of carboxylic acid groups (broad SMARTS) is 1. The van der Waals surface area contributed by atoms with Crippen LogP contribution in [0.25, 0.3) is 10.8 Å². The molecule has 0 aliphatic rings. The molecule has 2 aromatic rings. The van der Waals surface area contributed by atoms with Crippen molar-refractivity contribution in [2.24, 2.45) is 0 Å². The number of ether oxygens (including phenoxy) is 1. The van der Waals surface area contributed by atoms with E-state index in [1.165, 1.54) is 18.2 Å². The number of hydrogen-bond donors (Lipinski definition) is 3. The van der Waals surface area contributed by atoms with Crippen LogP contribution >= 0.6 is 0 Å². The summed E-state index contributed by atoms with van der Waals surface area (Å²) in [5, 5.41) is 14.3. The first kappa shape index (κ1) is 19.1. The van der Waals surface area contributed by atoms with Gasteiger partial charge in [0, 0.05) is 6.42 Å². The zero-order valence-electron chi connectivity index (χ0n) is 13.9. The molecule has 1 unspecified atom stereocenters. The standard InChI is InChI=1S/C17H19N3O6/c1-2-9-26-10-13(17(24)25)18-14(21)7-8-20-16(23)12-6-4-3-5-11(12)15(22)19-20/h2-6,13H,1,7-10H2,(H,18,21)(H,19,22)(H,24,25). The van der Waals surface area contributed by atoms with Gasteiger partial charge in [-0.05, 0) is 12.1 Å². The summed E-state index contributed by atoms with van der Waals surface area (Å²) >= 11 is 0. The van der Waals surface area contributed by atoms with E-state index in [-0.39, 0.29) is 37.0 Å². The largest absolute Gasteiger partial charge is 0.480 e. The molecule has 0 fully saturated rings. The van der Waals surface area contributed by atoms with E-state index in [1.54, 1.807) is 12.1 Å². The fraction of sp³-hybridized carbons (Fsp3) is 0.294. The Kier molecular flexibility index (Phi) is 6.45. The summed E-state index contributed by atoms with van der Waals surface area (Å²) < 4.78 is 6.07. The van der Waals surface area contributed by atoms with Crippen LogP contribution in [0.4, 0.5) is 0 Å². The van der Waals surface area contributed by atoms with Crippen LogP contribution in [-0.4, -0.2) is 46.0 Å². The molecule has 0 aliphatic heterocycles. The van der Waals surface area contributed by atoms with Crippen molar-refractivity contribution in [3.8, 4) is 0 Å². The van der Waals surface area contributed by atoms with E-state index >= 15 is 0 Å². The molecule has 0 aliphatic carbocycles. The molecule has 1 amide bonds. The first-order valence-corrected chi connectivity index (χ1v) is 7.86. The Balaban J connectivity index is 2.05. The summed E-state index contributed by atoms with van der Waals surface area (Å²) in [5.74, 6) is -1.82. The van der Waals surface area contributed by atoms with E-state index in [0.717, 1.165) is 4.68 Å². The first-order chi connectivity index (χ1) is 12.4. The normalized spacial score (nSPS) is 11.8. The first-order valence-electron chi connectivity index (χ1n) is 7.86. The average molecular weight is 361 g/mol. The maximum absolute atomic E-state index is 12.3. The van der Waals surface area contributed by atoms with Crippen LogP contribution in [0.15, 0.2) is 46.5 Å². The number of hydrogen-bond acceptors (Lipinski definition) is 5. The number of benzene rings is 1. The van der Waals surface area contributed by atoms with Gasteiger partial charge in [0.15, 0.2) is 6.04 Å². The van der Waals surface area contributed by atoms with Gasteiger partial charge in [0.25, 0.3) is 11.1 Å². The van der Waals surface area contributed by atoms with Crippen LogP contribution in [0.1, 0.15) is 6.42 Å². The fourth-order valence-corrected chi connectivity index (χ4v) is 2.33. The van der Waals surface area contributed by atoms with Gasteiger partial charge in [0.05, 0.1) is 30.5 Å². The van der Waals surface area contributed by atoms with Gasteiger partial charge in [-0.3, -0.25) is 19.5 Å². The van der Waals surface area contributed by atoms with Crippen LogP contribution in [0.3, 0.4) is 0 Å². The number of fused-ring (bicyclic) bond motifs is 1. The molecule has 1 aromatic carbocycles. The summed E-state index contributed by atoms with van der Waals surface area (Å²) in [6.07, 6.45) is 1.28. The zero-order chi connectivity index (χ0) is 19.1. The van der Waals surface area contributed by atoms with Crippen molar-refractivity contribution in [3.63, 3.8) is 0 Å². The number of amides is 1. The SMILES string of the molecule is C=CCOCC(NC(=O)CCn1[nH]c(=O)c2ccccc2c1=O)C(=O)O. The van der Waals surface area contributed by atoms with E-state index in [1.807, 2.05) is 0 Å².